The van der Waals surface area contributed by atoms with Crippen molar-refractivity contribution in [2.24, 2.45) is 0 Å². The zero-order valence-corrected chi connectivity index (χ0v) is 9.63. The number of pyridine rings is 1. The number of hydrogen-bond acceptors (Lipinski definition) is 5. The van der Waals surface area contributed by atoms with Crippen LogP contribution in [-0.2, 0) is 0 Å². The van der Waals surface area contributed by atoms with E-state index in [4.69, 9.17) is 5.26 Å². The smallest absolute Gasteiger partial charge is 0.337 e. The minimum Gasteiger partial charge on any atom is -0.337 e. The van der Waals surface area contributed by atoms with Gasteiger partial charge in [0.1, 0.15) is 6.07 Å². The summed E-state index contributed by atoms with van der Waals surface area (Å²) in [6, 6.07) is 4.73. The lowest BCUT2D eigenvalue weighted by atomic mass is 10.2. The second-order valence-corrected chi connectivity index (χ2v) is 3.51. The first kappa shape index (κ1) is 13.5. The summed E-state index contributed by atoms with van der Waals surface area (Å²) in [5.41, 5.74) is -0.645. The topological polar surface area (TPSA) is 83.0 Å². The fourth-order valence-corrected chi connectivity index (χ4v) is 1.38. The summed E-state index contributed by atoms with van der Waals surface area (Å²) in [5, 5.41) is 11.6. The Labute approximate surface area is 110 Å². The summed E-state index contributed by atoms with van der Waals surface area (Å²) < 4.78 is 43.3. The molecule has 0 aliphatic heterocycles. The van der Waals surface area contributed by atoms with Gasteiger partial charge in [-0.2, -0.15) is 10.2 Å². The molecule has 0 unspecified atom stereocenters. The number of carbonyl (C=O) groups excluding carboxylic acids is 1. The van der Waals surface area contributed by atoms with Crippen LogP contribution in [0, 0.1) is 11.3 Å². The summed E-state index contributed by atoms with van der Waals surface area (Å²) in [7, 11) is 0. The van der Waals surface area contributed by atoms with E-state index in [0.717, 1.165) is 12.3 Å². The Kier molecular flexibility index (Phi) is 3.39. The predicted molar refractivity (Wildman–Crippen MR) is 58.3 cm³/mol. The summed E-state index contributed by atoms with van der Waals surface area (Å²) in [6.45, 7) is 0. The van der Waals surface area contributed by atoms with Crippen molar-refractivity contribution in [1.82, 2.24) is 10.1 Å². The lowest BCUT2D eigenvalue weighted by Gasteiger charge is -2.21. The van der Waals surface area contributed by atoms with Gasteiger partial charge in [0, 0.05) is 18.5 Å². The Hall–Kier alpha value is -2.89. The van der Waals surface area contributed by atoms with Crippen LogP contribution >= 0.6 is 0 Å². The number of carbonyl (C=O) groups is 1. The first-order chi connectivity index (χ1) is 9.43. The molecule has 0 radical (unpaired) electrons. The second kappa shape index (κ2) is 5.00. The monoisotopic (exact) mass is 282 g/mol. The van der Waals surface area contributed by atoms with Gasteiger partial charge < -0.3 is 4.52 Å². The minimum atomic E-state index is -5.03. The van der Waals surface area contributed by atoms with Gasteiger partial charge in [-0.05, 0) is 12.1 Å². The van der Waals surface area contributed by atoms with Crippen molar-refractivity contribution in [3.05, 3.63) is 41.9 Å². The van der Waals surface area contributed by atoms with Gasteiger partial charge in [0.2, 0.25) is 5.88 Å². The molecule has 102 valence electrons. The Morgan fingerprint density at radius 1 is 1.45 bits per heavy atom. The molecule has 0 N–H and O–H groups in total. The van der Waals surface area contributed by atoms with Crippen LogP contribution in [0.15, 0.2) is 35.1 Å². The number of amides is 1. The molecule has 9 heteroatoms. The van der Waals surface area contributed by atoms with Crippen molar-refractivity contribution >= 4 is 11.8 Å². The van der Waals surface area contributed by atoms with Crippen molar-refractivity contribution in [1.29, 1.82) is 5.26 Å². The van der Waals surface area contributed by atoms with Crippen molar-refractivity contribution in [3.63, 3.8) is 0 Å². The third kappa shape index (κ3) is 2.59. The highest BCUT2D eigenvalue weighted by molar-refractivity contribution is 6.05. The van der Waals surface area contributed by atoms with Gasteiger partial charge in [0.15, 0.2) is 5.69 Å². The van der Waals surface area contributed by atoms with Gasteiger partial charge in [-0.25, -0.2) is 0 Å². The Morgan fingerprint density at radius 3 is 2.70 bits per heavy atom. The van der Waals surface area contributed by atoms with Gasteiger partial charge in [0.05, 0.1) is 5.56 Å². The first-order valence-corrected chi connectivity index (χ1v) is 5.11. The van der Waals surface area contributed by atoms with Gasteiger partial charge >= 0.3 is 6.30 Å². The van der Waals surface area contributed by atoms with E-state index < -0.39 is 23.0 Å². The first-order valence-electron chi connectivity index (χ1n) is 5.11. The Bertz CT molecular complexity index is 660. The van der Waals surface area contributed by atoms with E-state index >= 15 is 0 Å². The minimum absolute atomic E-state index is 0.278. The molecule has 2 aromatic rings. The van der Waals surface area contributed by atoms with Gasteiger partial charge in [-0.3, -0.25) is 9.78 Å². The van der Waals surface area contributed by atoms with Crippen LogP contribution in [0.3, 0.4) is 0 Å². The molecule has 1 amide bonds. The highest BCUT2D eigenvalue weighted by atomic mass is 19.4. The average Bonchev–Trinajstić information content (AvgIpc) is 2.86. The molecule has 2 aromatic heterocycles. The molecule has 0 saturated heterocycles. The van der Waals surface area contributed by atoms with E-state index in [1.165, 1.54) is 24.4 Å². The molecule has 0 aliphatic rings. The zero-order chi connectivity index (χ0) is 14.8. The van der Waals surface area contributed by atoms with Crippen LogP contribution < -0.4 is 4.90 Å². The summed E-state index contributed by atoms with van der Waals surface area (Å²) in [4.78, 5) is 14.9. The predicted octanol–water partition coefficient (Wildman–Crippen LogP) is 2.11. The molecule has 0 saturated carbocycles. The standard InChI is InChI=1S/C11H5F3N4O2/c12-11(13,14)18(9-4-8(5-15)17-20-9)10(19)7-2-1-3-16-6-7/h1-4,6H. The molecule has 2 heterocycles. The van der Waals surface area contributed by atoms with E-state index in [9.17, 15) is 18.0 Å². The molecule has 0 aliphatic carbocycles. The molecule has 0 aromatic carbocycles. The number of nitrogens with zero attached hydrogens (tertiary/aromatic N) is 4. The molecule has 0 fully saturated rings. The summed E-state index contributed by atoms with van der Waals surface area (Å²) in [6.07, 6.45) is -2.72. The summed E-state index contributed by atoms with van der Waals surface area (Å²) in [5.74, 6) is -2.27. The zero-order valence-electron chi connectivity index (χ0n) is 9.63. The normalized spacial score (nSPS) is 10.9. The number of hydrogen-bond donors (Lipinski definition) is 0. The molecule has 0 bridgehead atoms. The number of aromatic nitrogens is 2. The van der Waals surface area contributed by atoms with E-state index in [0.29, 0.717) is 0 Å². The maximum atomic E-state index is 13.0. The van der Waals surface area contributed by atoms with Gasteiger partial charge in [-0.15, -0.1) is 13.2 Å². The fourth-order valence-electron chi connectivity index (χ4n) is 1.38. The quantitative estimate of drug-likeness (QED) is 0.788. The maximum Gasteiger partial charge on any atom is 0.494 e. The highest BCUT2D eigenvalue weighted by Crippen LogP contribution is 2.30. The lowest BCUT2D eigenvalue weighted by molar-refractivity contribution is -0.124. The largest absolute Gasteiger partial charge is 0.494 e. The van der Waals surface area contributed by atoms with Crippen molar-refractivity contribution in [2.75, 3.05) is 4.90 Å². The molecule has 6 nitrogen and oxygen atoms in total. The molecule has 0 atom stereocenters. The average molecular weight is 282 g/mol. The second-order valence-electron chi connectivity index (χ2n) is 3.51. The molecule has 2 rings (SSSR count). The summed E-state index contributed by atoms with van der Waals surface area (Å²) >= 11 is 0. The third-order valence-corrected chi connectivity index (χ3v) is 2.20. The Balaban J connectivity index is 2.44. The number of nitriles is 1. The van der Waals surface area contributed by atoms with Crippen molar-refractivity contribution in [3.8, 4) is 6.07 Å². The molecule has 0 spiro atoms. The van der Waals surface area contributed by atoms with Crippen LogP contribution in [0.25, 0.3) is 0 Å². The SMILES string of the molecule is N#Cc1cc(N(C(=O)c2cccnc2)C(F)(F)F)on1. The van der Waals surface area contributed by atoms with Crippen molar-refractivity contribution in [2.45, 2.75) is 6.30 Å². The van der Waals surface area contributed by atoms with E-state index in [1.54, 1.807) is 0 Å². The van der Waals surface area contributed by atoms with Gasteiger partial charge in [0.25, 0.3) is 5.91 Å². The lowest BCUT2D eigenvalue weighted by Crippen LogP contribution is -2.43. The Morgan fingerprint density at radius 2 is 2.20 bits per heavy atom. The molecular formula is C11H5F3N4O2. The van der Waals surface area contributed by atoms with Crippen LogP contribution in [0.4, 0.5) is 19.1 Å². The number of halogens is 3. The molecule has 20 heavy (non-hydrogen) atoms. The van der Waals surface area contributed by atoms with E-state index in [1.807, 2.05) is 0 Å². The fraction of sp³-hybridized carbons (Fsp3) is 0.0909. The van der Waals surface area contributed by atoms with Crippen molar-refractivity contribution < 1.29 is 22.5 Å². The number of anilines is 1. The van der Waals surface area contributed by atoms with Crippen LogP contribution in [0.2, 0.25) is 0 Å². The van der Waals surface area contributed by atoms with Crippen LogP contribution in [-0.4, -0.2) is 22.3 Å². The number of rotatable bonds is 2. The maximum absolute atomic E-state index is 13.0. The molecular weight excluding hydrogens is 277 g/mol. The third-order valence-electron chi connectivity index (χ3n) is 2.20. The number of alkyl halides is 3. The highest BCUT2D eigenvalue weighted by Gasteiger charge is 2.45. The van der Waals surface area contributed by atoms with E-state index in [2.05, 4.69) is 14.7 Å². The van der Waals surface area contributed by atoms with Crippen LogP contribution in [0.1, 0.15) is 16.1 Å². The van der Waals surface area contributed by atoms with Crippen LogP contribution in [0.5, 0.6) is 0 Å². The van der Waals surface area contributed by atoms with Gasteiger partial charge in [-0.1, -0.05) is 5.16 Å². The van der Waals surface area contributed by atoms with E-state index in [-0.39, 0.29) is 11.3 Å².